The molecule has 1 saturated heterocycles. The largest absolute Gasteiger partial charge is 0.415 e. The van der Waals surface area contributed by atoms with Crippen LogP contribution in [0.1, 0.15) is 11.7 Å². The second kappa shape index (κ2) is 5.76. The van der Waals surface area contributed by atoms with E-state index in [9.17, 15) is 14.9 Å². The number of benzene rings is 1. The van der Waals surface area contributed by atoms with Crippen LogP contribution in [-0.2, 0) is 0 Å². The van der Waals surface area contributed by atoms with Crippen LogP contribution in [-0.4, -0.2) is 39.0 Å². The quantitative estimate of drug-likeness (QED) is 0.635. The summed E-state index contributed by atoms with van der Waals surface area (Å²) < 4.78 is 5.16. The molecule has 0 atom stereocenters. The third-order valence-corrected chi connectivity index (χ3v) is 3.34. The van der Waals surface area contributed by atoms with Gasteiger partial charge < -0.3 is 9.64 Å². The van der Waals surface area contributed by atoms with E-state index in [1.165, 1.54) is 29.2 Å². The molecule has 2 heterocycles. The number of ether oxygens (including phenoxy) is 1. The fraction of sp³-hybridized carbons (Fsp3) is 0.214. The Balaban J connectivity index is 1.54. The number of carbonyl (C=O) groups excluding carboxylic acids is 1. The summed E-state index contributed by atoms with van der Waals surface area (Å²) in [5.41, 5.74) is -0.0509. The molecular formula is C14H12N4O4. The molecule has 112 valence electrons. The molecule has 0 unspecified atom stereocenters. The van der Waals surface area contributed by atoms with Crippen molar-refractivity contribution in [2.24, 2.45) is 0 Å². The third kappa shape index (κ3) is 2.85. The fourth-order valence-electron chi connectivity index (χ4n) is 2.11. The van der Waals surface area contributed by atoms with E-state index in [2.05, 4.69) is 9.97 Å². The molecule has 1 aliphatic heterocycles. The second-order valence-corrected chi connectivity index (χ2v) is 4.83. The van der Waals surface area contributed by atoms with Crippen LogP contribution in [0, 0.1) is 10.1 Å². The minimum absolute atomic E-state index is 0.0509. The molecule has 3 rings (SSSR count). The predicted octanol–water partition coefficient (Wildman–Crippen LogP) is 1.98. The van der Waals surface area contributed by atoms with E-state index in [0.717, 1.165) is 0 Å². The van der Waals surface area contributed by atoms with Gasteiger partial charge in [-0.05, 0) is 18.2 Å². The Hall–Kier alpha value is -3.03. The monoisotopic (exact) mass is 300 g/mol. The molecule has 1 fully saturated rings. The molecule has 0 N–H and O–H groups in total. The lowest BCUT2D eigenvalue weighted by atomic mass is 10.0. The lowest BCUT2D eigenvalue weighted by Crippen LogP contribution is -2.50. The van der Waals surface area contributed by atoms with Crippen molar-refractivity contribution >= 4 is 11.8 Å². The molecule has 22 heavy (non-hydrogen) atoms. The van der Waals surface area contributed by atoms with Gasteiger partial charge in [0.25, 0.3) is 5.69 Å². The average molecular weight is 300 g/mol. The summed E-state index contributed by atoms with van der Waals surface area (Å²) >= 11 is 0. The van der Waals surface area contributed by atoms with Crippen LogP contribution in [0.5, 0.6) is 5.75 Å². The standard InChI is InChI=1S/C14H12N4O4/c19-14(22-12-4-2-11(3-5-12)18(20)21)17-8-10(9-17)13-15-6-1-7-16-13/h1-7,10H,8-9H2. The fourth-order valence-corrected chi connectivity index (χ4v) is 2.11. The summed E-state index contributed by atoms with van der Waals surface area (Å²) in [4.78, 5) is 31.8. The SMILES string of the molecule is O=C(Oc1ccc([N+](=O)[O-])cc1)N1CC(c2ncccn2)C1. The van der Waals surface area contributed by atoms with Crippen molar-refractivity contribution in [2.45, 2.75) is 5.92 Å². The van der Waals surface area contributed by atoms with E-state index in [-0.39, 0.29) is 17.4 Å². The lowest BCUT2D eigenvalue weighted by Gasteiger charge is -2.37. The zero-order valence-electron chi connectivity index (χ0n) is 11.5. The van der Waals surface area contributed by atoms with E-state index in [0.29, 0.717) is 18.9 Å². The minimum atomic E-state index is -0.508. The Morgan fingerprint density at radius 1 is 1.23 bits per heavy atom. The number of likely N-dealkylation sites (tertiary alicyclic amines) is 1. The highest BCUT2D eigenvalue weighted by Gasteiger charge is 2.34. The summed E-state index contributed by atoms with van der Waals surface area (Å²) in [6.45, 7) is 0.992. The maximum Gasteiger partial charge on any atom is 0.415 e. The number of nitrogens with zero attached hydrogens (tertiary/aromatic N) is 4. The lowest BCUT2D eigenvalue weighted by molar-refractivity contribution is -0.384. The van der Waals surface area contributed by atoms with Crippen LogP contribution < -0.4 is 4.74 Å². The van der Waals surface area contributed by atoms with Crippen LogP contribution in [0.2, 0.25) is 0 Å². The molecule has 0 aliphatic carbocycles. The highest BCUT2D eigenvalue weighted by Crippen LogP contribution is 2.25. The number of nitro groups is 1. The molecule has 8 heteroatoms. The van der Waals surface area contributed by atoms with E-state index in [1.807, 2.05) is 0 Å². The minimum Gasteiger partial charge on any atom is -0.410 e. The topological polar surface area (TPSA) is 98.5 Å². The van der Waals surface area contributed by atoms with E-state index >= 15 is 0 Å². The molecular weight excluding hydrogens is 288 g/mol. The Labute approximate surface area is 125 Å². The molecule has 0 saturated carbocycles. The summed E-state index contributed by atoms with van der Waals surface area (Å²) in [7, 11) is 0. The Morgan fingerprint density at radius 3 is 2.45 bits per heavy atom. The maximum atomic E-state index is 11.9. The summed E-state index contributed by atoms with van der Waals surface area (Å²) in [6.07, 6.45) is 2.85. The zero-order chi connectivity index (χ0) is 15.5. The third-order valence-electron chi connectivity index (χ3n) is 3.34. The van der Waals surface area contributed by atoms with Crippen LogP contribution in [0.4, 0.5) is 10.5 Å². The van der Waals surface area contributed by atoms with Crippen molar-refractivity contribution in [2.75, 3.05) is 13.1 Å². The normalized spacial score (nSPS) is 14.3. The van der Waals surface area contributed by atoms with Gasteiger partial charge in [0.05, 0.1) is 10.8 Å². The van der Waals surface area contributed by atoms with Crippen LogP contribution in [0.15, 0.2) is 42.7 Å². The first kappa shape index (κ1) is 13.9. The van der Waals surface area contributed by atoms with Crippen LogP contribution in [0.25, 0.3) is 0 Å². The molecule has 8 nitrogen and oxygen atoms in total. The maximum absolute atomic E-state index is 11.9. The highest BCUT2D eigenvalue weighted by molar-refractivity contribution is 5.72. The molecule has 1 amide bonds. The van der Waals surface area contributed by atoms with Gasteiger partial charge in [0, 0.05) is 37.6 Å². The van der Waals surface area contributed by atoms with Gasteiger partial charge in [-0.15, -0.1) is 0 Å². The Bertz CT molecular complexity index is 684. The number of rotatable bonds is 3. The number of carbonyl (C=O) groups is 1. The van der Waals surface area contributed by atoms with Gasteiger partial charge in [0.2, 0.25) is 0 Å². The molecule has 0 radical (unpaired) electrons. The average Bonchev–Trinajstić information content (AvgIpc) is 2.47. The first-order valence-corrected chi connectivity index (χ1v) is 6.61. The number of hydrogen-bond acceptors (Lipinski definition) is 6. The van der Waals surface area contributed by atoms with Crippen molar-refractivity contribution in [1.82, 2.24) is 14.9 Å². The van der Waals surface area contributed by atoms with Crippen molar-refractivity contribution in [3.8, 4) is 5.75 Å². The van der Waals surface area contributed by atoms with Crippen molar-refractivity contribution in [3.05, 3.63) is 58.7 Å². The molecule has 1 aliphatic rings. The van der Waals surface area contributed by atoms with Crippen LogP contribution >= 0.6 is 0 Å². The first-order chi connectivity index (χ1) is 10.6. The van der Waals surface area contributed by atoms with Gasteiger partial charge in [-0.25, -0.2) is 14.8 Å². The Kier molecular flexibility index (Phi) is 3.65. The smallest absolute Gasteiger partial charge is 0.410 e. The number of nitro benzene ring substituents is 1. The molecule has 1 aromatic carbocycles. The number of amides is 1. The summed E-state index contributed by atoms with van der Waals surface area (Å²) in [5, 5.41) is 10.5. The number of hydrogen-bond donors (Lipinski definition) is 0. The summed E-state index contributed by atoms with van der Waals surface area (Å²) in [6, 6.07) is 7.11. The van der Waals surface area contributed by atoms with Crippen LogP contribution in [0.3, 0.4) is 0 Å². The van der Waals surface area contributed by atoms with Gasteiger partial charge in [-0.2, -0.15) is 0 Å². The van der Waals surface area contributed by atoms with E-state index in [4.69, 9.17) is 4.74 Å². The molecule has 2 aromatic rings. The van der Waals surface area contributed by atoms with E-state index < -0.39 is 11.0 Å². The van der Waals surface area contributed by atoms with Gasteiger partial charge >= 0.3 is 6.09 Å². The molecule has 1 aromatic heterocycles. The van der Waals surface area contributed by atoms with Gasteiger partial charge in [0.1, 0.15) is 11.6 Å². The van der Waals surface area contributed by atoms with Crippen molar-refractivity contribution in [3.63, 3.8) is 0 Å². The van der Waals surface area contributed by atoms with Gasteiger partial charge in [0.15, 0.2) is 0 Å². The van der Waals surface area contributed by atoms with Crippen molar-refractivity contribution < 1.29 is 14.5 Å². The molecule has 0 spiro atoms. The zero-order valence-corrected chi connectivity index (χ0v) is 11.5. The molecule has 0 bridgehead atoms. The predicted molar refractivity (Wildman–Crippen MR) is 75.5 cm³/mol. The van der Waals surface area contributed by atoms with Gasteiger partial charge in [-0.3, -0.25) is 10.1 Å². The van der Waals surface area contributed by atoms with E-state index in [1.54, 1.807) is 18.5 Å². The summed E-state index contributed by atoms with van der Waals surface area (Å²) in [5.74, 6) is 1.10. The number of non-ortho nitro benzene ring substituents is 1. The first-order valence-electron chi connectivity index (χ1n) is 6.61. The second-order valence-electron chi connectivity index (χ2n) is 4.83. The van der Waals surface area contributed by atoms with Gasteiger partial charge in [-0.1, -0.05) is 0 Å². The van der Waals surface area contributed by atoms with Crippen molar-refractivity contribution in [1.29, 1.82) is 0 Å². The number of aromatic nitrogens is 2. The Morgan fingerprint density at radius 2 is 1.86 bits per heavy atom. The highest BCUT2D eigenvalue weighted by atomic mass is 16.6.